The minimum atomic E-state index is -0.366. The van der Waals surface area contributed by atoms with E-state index in [1.807, 2.05) is 19.1 Å². The smallest absolute Gasteiger partial charge is 0.410 e. The predicted octanol–water partition coefficient (Wildman–Crippen LogP) is 2.12. The molecule has 15 heavy (non-hydrogen) atoms. The van der Waals surface area contributed by atoms with Gasteiger partial charge in [0.15, 0.2) is 0 Å². The number of amides is 1. The van der Waals surface area contributed by atoms with Gasteiger partial charge in [-0.2, -0.15) is 0 Å². The fourth-order valence-electron chi connectivity index (χ4n) is 2.85. The van der Waals surface area contributed by atoms with Crippen LogP contribution in [0.25, 0.3) is 0 Å². The van der Waals surface area contributed by atoms with Crippen LogP contribution in [0, 0.1) is 0 Å². The van der Waals surface area contributed by atoms with E-state index in [1.165, 1.54) is 11.1 Å². The lowest BCUT2D eigenvalue weighted by atomic mass is 9.98. The van der Waals surface area contributed by atoms with Gasteiger partial charge in [-0.3, -0.25) is 0 Å². The number of rotatable bonds is 0. The molecule has 1 aliphatic carbocycles. The summed E-state index contributed by atoms with van der Waals surface area (Å²) in [7, 11) is 1.81. The van der Waals surface area contributed by atoms with E-state index in [0.29, 0.717) is 0 Å². The summed E-state index contributed by atoms with van der Waals surface area (Å²) in [6, 6.07) is 8.33. The van der Waals surface area contributed by atoms with Gasteiger partial charge >= 0.3 is 6.09 Å². The standard InChI is InChI=1S/C12H13NO2/c1-12-7-8-5-3-4-6-9(8)10(12)13(2)11(14)15-12/h3-6,10H,7H2,1-2H3/t10-,12+/m0/s1. The van der Waals surface area contributed by atoms with Gasteiger partial charge in [-0.15, -0.1) is 0 Å². The van der Waals surface area contributed by atoms with Gasteiger partial charge in [0.1, 0.15) is 11.6 Å². The number of ether oxygens (including phenoxy) is 1. The monoisotopic (exact) mass is 203 g/mol. The molecule has 3 heteroatoms. The molecule has 0 bridgehead atoms. The summed E-state index contributed by atoms with van der Waals surface area (Å²) in [4.78, 5) is 13.2. The van der Waals surface area contributed by atoms with Crippen LogP contribution in [-0.4, -0.2) is 23.6 Å². The normalized spacial score (nSPS) is 32.5. The van der Waals surface area contributed by atoms with Crippen LogP contribution in [0.4, 0.5) is 4.79 Å². The third kappa shape index (κ3) is 0.978. The van der Waals surface area contributed by atoms with E-state index in [9.17, 15) is 4.79 Å². The summed E-state index contributed by atoms with van der Waals surface area (Å²) >= 11 is 0. The van der Waals surface area contributed by atoms with Crippen molar-refractivity contribution in [2.75, 3.05) is 7.05 Å². The Morgan fingerprint density at radius 3 is 3.00 bits per heavy atom. The first-order valence-electron chi connectivity index (χ1n) is 5.15. The summed E-state index contributed by atoms with van der Waals surface area (Å²) < 4.78 is 5.45. The number of hydrogen-bond acceptors (Lipinski definition) is 2. The molecule has 3 rings (SSSR count). The number of carbonyl (C=O) groups excluding carboxylic acids is 1. The molecule has 1 aromatic rings. The van der Waals surface area contributed by atoms with E-state index in [4.69, 9.17) is 4.74 Å². The highest BCUT2D eigenvalue weighted by Gasteiger charge is 2.54. The van der Waals surface area contributed by atoms with Gasteiger partial charge < -0.3 is 9.64 Å². The zero-order valence-electron chi connectivity index (χ0n) is 8.86. The zero-order valence-corrected chi connectivity index (χ0v) is 8.86. The number of likely N-dealkylation sites (N-methyl/N-ethyl adjacent to an activating group) is 1. The lowest BCUT2D eigenvalue weighted by molar-refractivity contribution is 0.0608. The molecule has 1 heterocycles. The Balaban J connectivity index is 2.15. The minimum absolute atomic E-state index is 0.0844. The Hall–Kier alpha value is -1.51. The second-order valence-corrected chi connectivity index (χ2v) is 4.57. The molecule has 3 nitrogen and oxygen atoms in total. The van der Waals surface area contributed by atoms with Crippen molar-refractivity contribution in [2.24, 2.45) is 0 Å². The molecule has 0 N–H and O–H groups in total. The van der Waals surface area contributed by atoms with Gasteiger partial charge in [0.05, 0.1) is 0 Å². The van der Waals surface area contributed by atoms with Crippen molar-refractivity contribution in [1.82, 2.24) is 4.90 Å². The average molecular weight is 203 g/mol. The van der Waals surface area contributed by atoms with Crippen LogP contribution >= 0.6 is 0 Å². The van der Waals surface area contributed by atoms with E-state index in [2.05, 4.69) is 12.1 Å². The first kappa shape index (κ1) is 8.77. The van der Waals surface area contributed by atoms with E-state index >= 15 is 0 Å². The first-order chi connectivity index (χ1) is 7.12. The van der Waals surface area contributed by atoms with Crippen LogP contribution in [0.2, 0.25) is 0 Å². The number of benzene rings is 1. The van der Waals surface area contributed by atoms with Crippen LogP contribution in [0.3, 0.4) is 0 Å². The molecule has 78 valence electrons. The molecule has 0 aromatic heterocycles. The quantitative estimate of drug-likeness (QED) is 0.646. The molecule has 1 aliphatic heterocycles. The molecule has 0 unspecified atom stereocenters. The first-order valence-corrected chi connectivity index (χ1v) is 5.15. The number of hydrogen-bond donors (Lipinski definition) is 0. The second kappa shape index (κ2) is 2.54. The molecule has 1 amide bonds. The van der Waals surface area contributed by atoms with Gasteiger partial charge in [-0.25, -0.2) is 4.79 Å². The molecular formula is C12H13NO2. The third-order valence-electron chi connectivity index (χ3n) is 3.47. The SMILES string of the molecule is CN1C(=O)O[C@]2(C)Cc3ccccc3[C@H]12. The van der Waals surface area contributed by atoms with Crippen molar-refractivity contribution in [1.29, 1.82) is 0 Å². The zero-order chi connectivity index (χ0) is 10.6. The van der Waals surface area contributed by atoms with Crippen molar-refractivity contribution in [3.63, 3.8) is 0 Å². The maximum atomic E-state index is 11.5. The van der Waals surface area contributed by atoms with Gasteiger partial charge in [-0.1, -0.05) is 24.3 Å². The summed E-state index contributed by atoms with van der Waals surface area (Å²) in [5.41, 5.74) is 2.16. The van der Waals surface area contributed by atoms with Crippen LogP contribution in [0.1, 0.15) is 24.1 Å². The molecule has 0 spiro atoms. The molecule has 1 fully saturated rings. The van der Waals surface area contributed by atoms with E-state index < -0.39 is 0 Å². The van der Waals surface area contributed by atoms with Crippen LogP contribution in [-0.2, 0) is 11.2 Å². The Morgan fingerprint density at radius 2 is 2.20 bits per heavy atom. The van der Waals surface area contributed by atoms with E-state index in [-0.39, 0.29) is 17.7 Å². The lowest BCUT2D eigenvalue weighted by Gasteiger charge is -2.23. The molecule has 0 saturated carbocycles. The van der Waals surface area contributed by atoms with Gasteiger partial charge in [-0.05, 0) is 18.1 Å². The topological polar surface area (TPSA) is 29.5 Å². The minimum Gasteiger partial charge on any atom is -0.440 e. The average Bonchev–Trinajstić information content (AvgIpc) is 2.58. The molecular weight excluding hydrogens is 190 g/mol. The molecule has 2 atom stereocenters. The Kier molecular flexibility index (Phi) is 1.48. The fraction of sp³-hybridized carbons (Fsp3) is 0.417. The van der Waals surface area contributed by atoms with Crippen molar-refractivity contribution in [3.05, 3.63) is 35.4 Å². The van der Waals surface area contributed by atoms with Crippen molar-refractivity contribution in [2.45, 2.75) is 25.0 Å². The maximum absolute atomic E-state index is 11.5. The van der Waals surface area contributed by atoms with Gasteiger partial charge in [0, 0.05) is 13.5 Å². The number of nitrogens with zero attached hydrogens (tertiary/aromatic N) is 1. The molecule has 1 aromatic carbocycles. The van der Waals surface area contributed by atoms with Crippen molar-refractivity contribution in [3.8, 4) is 0 Å². The summed E-state index contributed by atoms with van der Waals surface area (Å²) in [5, 5.41) is 0. The summed E-state index contributed by atoms with van der Waals surface area (Å²) in [5.74, 6) is 0. The van der Waals surface area contributed by atoms with Crippen LogP contribution < -0.4 is 0 Å². The fourth-order valence-corrected chi connectivity index (χ4v) is 2.85. The van der Waals surface area contributed by atoms with Crippen molar-refractivity contribution < 1.29 is 9.53 Å². The van der Waals surface area contributed by atoms with Crippen LogP contribution in [0.5, 0.6) is 0 Å². The number of fused-ring (bicyclic) bond motifs is 3. The summed E-state index contributed by atoms with van der Waals surface area (Å²) in [6.45, 7) is 2.01. The second-order valence-electron chi connectivity index (χ2n) is 4.57. The Bertz CT molecular complexity index is 443. The van der Waals surface area contributed by atoms with Gasteiger partial charge in [0.25, 0.3) is 0 Å². The highest BCUT2D eigenvalue weighted by atomic mass is 16.6. The third-order valence-corrected chi connectivity index (χ3v) is 3.47. The lowest BCUT2D eigenvalue weighted by Crippen LogP contribution is -2.30. The van der Waals surface area contributed by atoms with Gasteiger partial charge in [0.2, 0.25) is 0 Å². The predicted molar refractivity (Wildman–Crippen MR) is 55.5 cm³/mol. The number of carbonyl (C=O) groups is 1. The Morgan fingerprint density at radius 1 is 1.47 bits per heavy atom. The van der Waals surface area contributed by atoms with Crippen molar-refractivity contribution >= 4 is 6.09 Å². The van der Waals surface area contributed by atoms with E-state index in [1.54, 1.807) is 11.9 Å². The summed E-state index contributed by atoms with van der Waals surface area (Å²) in [6.07, 6.45) is 0.612. The van der Waals surface area contributed by atoms with Crippen LogP contribution in [0.15, 0.2) is 24.3 Å². The highest BCUT2D eigenvalue weighted by Crippen LogP contribution is 2.48. The largest absolute Gasteiger partial charge is 0.440 e. The Labute approximate surface area is 88.6 Å². The van der Waals surface area contributed by atoms with E-state index in [0.717, 1.165) is 6.42 Å². The highest BCUT2D eigenvalue weighted by molar-refractivity contribution is 5.73. The molecule has 0 radical (unpaired) electrons. The molecule has 1 saturated heterocycles. The maximum Gasteiger partial charge on any atom is 0.410 e. The molecule has 2 aliphatic rings.